The summed E-state index contributed by atoms with van der Waals surface area (Å²) in [7, 11) is 0. The molecule has 1 saturated carbocycles. The highest BCUT2D eigenvalue weighted by Gasteiger charge is 2.33. The minimum Gasteiger partial charge on any atom is -0.383 e. The van der Waals surface area contributed by atoms with Crippen LogP contribution < -0.4 is 16.2 Å². The second kappa shape index (κ2) is 8.99. The number of primary amides is 1. The summed E-state index contributed by atoms with van der Waals surface area (Å²) in [6, 6.07) is -0.459. The number of rotatable bonds is 5. The third-order valence-corrected chi connectivity index (χ3v) is 7.01. The molecular formula is C20H29N5O2S2. The van der Waals surface area contributed by atoms with Crippen molar-refractivity contribution in [1.82, 2.24) is 9.97 Å². The van der Waals surface area contributed by atoms with Crippen LogP contribution in [0.4, 0.5) is 10.5 Å². The van der Waals surface area contributed by atoms with Crippen molar-refractivity contribution >= 4 is 35.0 Å². The SMILES string of the molecule is CC(C)(O)c1ncc(SN)s1.CCc1nc2c(c(NC(N)=O)c1C1CC1)CCC2. The third kappa shape index (κ3) is 5.28. The van der Waals surface area contributed by atoms with Crippen LogP contribution in [-0.2, 0) is 24.9 Å². The number of pyridine rings is 1. The number of hydrogen-bond donors (Lipinski definition) is 4. The first-order chi connectivity index (χ1) is 13.7. The minimum atomic E-state index is -0.849. The van der Waals surface area contributed by atoms with E-state index in [1.54, 1.807) is 20.0 Å². The van der Waals surface area contributed by atoms with Gasteiger partial charge >= 0.3 is 6.03 Å². The number of hydrogen-bond acceptors (Lipinski definition) is 7. The lowest BCUT2D eigenvalue weighted by molar-refractivity contribution is 0.0783. The van der Waals surface area contributed by atoms with Crippen LogP contribution in [0.3, 0.4) is 0 Å². The molecule has 1 fully saturated rings. The Balaban J connectivity index is 0.000000188. The molecule has 2 aromatic rings. The van der Waals surface area contributed by atoms with Gasteiger partial charge in [0.25, 0.3) is 0 Å². The number of aryl methyl sites for hydroxylation is 2. The van der Waals surface area contributed by atoms with Crippen LogP contribution in [0.15, 0.2) is 10.4 Å². The first-order valence-corrected chi connectivity index (χ1v) is 11.6. The number of aromatic nitrogens is 2. The third-order valence-electron chi connectivity index (χ3n) is 5.03. The number of nitrogens with zero attached hydrogens (tertiary/aromatic N) is 2. The number of thiazole rings is 1. The molecule has 2 aliphatic rings. The Morgan fingerprint density at radius 2 is 2.14 bits per heavy atom. The molecule has 0 aromatic carbocycles. The van der Waals surface area contributed by atoms with Crippen molar-refractivity contribution in [3.05, 3.63) is 33.7 Å². The minimum absolute atomic E-state index is 0.459. The summed E-state index contributed by atoms with van der Waals surface area (Å²) in [6.07, 6.45) is 8.19. The van der Waals surface area contributed by atoms with Crippen molar-refractivity contribution in [3.8, 4) is 0 Å². The number of aliphatic hydroxyl groups is 1. The number of amides is 2. The van der Waals surface area contributed by atoms with E-state index in [2.05, 4.69) is 17.2 Å². The lowest BCUT2D eigenvalue weighted by Crippen LogP contribution is -2.22. The van der Waals surface area contributed by atoms with Crippen molar-refractivity contribution in [2.75, 3.05) is 5.32 Å². The number of nitrogens with one attached hydrogen (secondary N) is 1. The molecule has 2 heterocycles. The highest BCUT2D eigenvalue weighted by molar-refractivity contribution is 7.99. The number of carbonyl (C=O) groups is 1. The maximum Gasteiger partial charge on any atom is 0.316 e. The fourth-order valence-electron chi connectivity index (χ4n) is 3.59. The maximum atomic E-state index is 11.3. The van der Waals surface area contributed by atoms with Crippen molar-refractivity contribution in [3.63, 3.8) is 0 Å². The van der Waals surface area contributed by atoms with Crippen LogP contribution in [0.25, 0.3) is 0 Å². The van der Waals surface area contributed by atoms with Gasteiger partial charge in [0.2, 0.25) is 0 Å². The molecule has 9 heteroatoms. The molecule has 6 N–H and O–H groups in total. The fourth-order valence-corrected chi connectivity index (χ4v) is 4.79. The van der Waals surface area contributed by atoms with E-state index in [0.29, 0.717) is 10.9 Å². The van der Waals surface area contributed by atoms with E-state index in [1.165, 1.54) is 41.0 Å². The van der Waals surface area contributed by atoms with Crippen molar-refractivity contribution in [2.24, 2.45) is 10.9 Å². The van der Waals surface area contributed by atoms with Gasteiger partial charge in [-0.15, -0.1) is 11.3 Å². The Morgan fingerprint density at radius 3 is 2.62 bits per heavy atom. The van der Waals surface area contributed by atoms with Crippen molar-refractivity contribution < 1.29 is 9.90 Å². The van der Waals surface area contributed by atoms with E-state index in [0.717, 1.165) is 53.2 Å². The van der Waals surface area contributed by atoms with Gasteiger partial charge in [-0.1, -0.05) is 6.92 Å². The zero-order valence-electron chi connectivity index (χ0n) is 17.1. The molecule has 4 rings (SSSR count). The van der Waals surface area contributed by atoms with Crippen LogP contribution in [-0.4, -0.2) is 21.1 Å². The van der Waals surface area contributed by atoms with Gasteiger partial charge in [0.1, 0.15) is 10.6 Å². The average Bonchev–Trinajstić information content (AvgIpc) is 3.18. The molecule has 0 bridgehead atoms. The second-order valence-electron chi connectivity index (χ2n) is 7.90. The summed E-state index contributed by atoms with van der Waals surface area (Å²) >= 11 is 2.57. The topological polar surface area (TPSA) is 127 Å². The molecule has 2 aromatic heterocycles. The summed E-state index contributed by atoms with van der Waals surface area (Å²) < 4.78 is 0.919. The molecule has 0 radical (unpaired) electrons. The highest BCUT2D eigenvalue weighted by atomic mass is 32.2. The molecule has 29 heavy (non-hydrogen) atoms. The first-order valence-electron chi connectivity index (χ1n) is 9.91. The molecule has 0 saturated heterocycles. The molecule has 0 atom stereocenters. The Kier molecular flexibility index (Phi) is 6.83. The zero-order valence-corrected chi connectivity index (χ0v) is 18.8. The van der Waals surface area contributed by atoms with Crippen LogP contribution in [0.5, 0.6) is 0 Å². The largest absolute Gasteiger partial charge is 0.383 e. The molecule has 0 spiro atoms. The number of nitrogens with two attached hydrogens (primary N) is 2. The van der Waals surface area contributed by atoms with E-state index >= 15 is 0 Å². The lowest BCUT2D eigenvalue weighted by Gasteiger charge is -2.17. The normalized spacial score (nSPS) is 15.5. The number of anilines is 1. The molecule has 0 aliphatic heterocycles. The first kappa shape index (κ1) is 22.0. The molecular weight excluding hydrogens is 406 g/mol. The van der Waals surface area contributed by atoms with Crippen molar-refractivity contribution in [2.45, 2.75) is 75.0 Å². The maximum absolute atomic E-state index is 11.3. The summed E-state index contributed by atoms with van der Waals surface area (Å²) in [4.78, 5) is 20.1. The highest BCUT2D eigenvalue weighted by Crippen LogP contribution is 2.47. The Bertz CT molecular complexity index is 888. The van der Waals surface area contributed by atoms with Crippen LogP contribution in [0.1, 0.15) is 73.5 Å². The van der Waals surface area contributed by atoms with Gasteiger partial charge in [-0.2, -0.15) is 0 Å². The number of fused-ring (bicyclic) bond motifs is 1. The van der Waals surface area contributed by atoms with E-state index in [-0.39, 0.29) is 0 Å². The number of carbonyl (C=O) groups excluding carboxylic acids is 1. The molecule has 0 unspecified atom stereocenters. The quantitative estimate of drug-likeness (QED) is 0.529. The van der Waals surface area contributed by atoms with Gasteiger partial charge in [-0.25, -0.2) is 9.78 Å². The van der Waals surface area contributed by atoms with E-state index in [9.17, 15) is 9.90 Å². The average molecular weight is 436 g/mol. The molecule has 2 amide bonds. The summed E-state index contributed by atoms with van der Waals surface area (Å²) in [6.45, 7) is 5.54. The van der Waals surface area contributed by atoms with Crippen LogP contribution >= 0.6 is 23.3 Å². The monoisotopic (exact) mass is 435 g/mol. The predicted molar refractivity (Wildman–Crippen MR) is 118 cm³/mol. The van der Waals surface area contributed by atoms with Gasteiger partial charge in [0, 0.05) is 17.0 Å². The van der Waals surface area contributed by atoms with Gasteiger partial charge < -0.3 is 16.2 Å². The van der Waals surface area contributed by atoms with E-state index < -0.39 is 11.6 Å². The van der Waals surface area contributed by atoms with Gasteiger partial charge in [0.15, 0.2) is 0 Å². The van der Waals surface area contributed by atoms with Gasteiger partial charge in [-0.3, -0.25) is 10.1 Å². The second-order valence-corrected chi connectivity index (χ2v) is 9.87. The smallest absolute Gasteiger partial charge is 0.316 e. The lowest BCUT2D eigenvalue weighted by atomic mass is 9.99. The number of urea groups is 1. The van der Waals surface area contributed by atoms with Gasteiger partial charge in [0.05, 0.1) is 16.1 Å². The Hall–Kier alpha value is -1.68. The summed E-state index contributed by atoms with van der Waals surface area (Å²) in [5.41, 5.74) is 10.3. The molecule has 158 valence electrons. The summed E-state index contributed by atoms with van der Waals surface area (Å²) in [5.74, 6) is 0.584. The predicted octanol–water partition coefficient (Wildman–Crippen LogP) is 3.84. The molecule has 2 aliphatic carbocycles. The van der Waals surface area contributed by atoms with Crippen LogP contribution in [0, 0.1) is 0 Å². The van der Waals surface area contributed by atoms with Crippen molar-refractivity contribution in [1.29, 1.82) is 0 Å². The zero-order chi connectivity index (χ0) is 21.2. The summed E-state index contributed by atoms with van der Waals surface area (Å²) in [5, 5.41) is 18.4. The van der Waals surface area contributed by atoms with E-state index in [4.69, 9.17) is 15.9 Å². The fraction of sp³-hybridized carbons (Fsp3) is 0.550. The van der Waals surface area contributed by atoms with Crippen LogP contribution in [0.2, 0.25) is 0 Å². The Labute approximate surface area is 179 Å². The van der Waals surface area contributed by atoms with E-state index in [1.807, 2.05) is 0 Å². The standard InChI is InChI=1S/C14H19N3O.C6H10N2OS2/c1-2-10-12(8-6-7-8)13(17-14(15)18)9-4-3-5-11(9)16-10;1-6(2,9)5-8-3-4(10-5)11-7/h8H,2-7H2,1H3,(H3,15,16,17,18);3,9H,7H2,1-2H3. The molecule has 7 nitrogen and oxygen atoms in total. The van der Waals surface area contributed by atoms with Gasteiger partial charge in [-0.05, 0) is 75.8 Å². The Morgan fingerprint density at radius 1 is 1.41 bits per heavy atom.